The zero-order valence-electron chi connectivity index (χ0n) is 17.1. The summed E-state index contributed by atoms with van der Waals surface area (Å²) in [4.78, 5) is 13.3. The van der Waals surface area contributed by atoms with E-state index in [0.29, 0.717) is 18.9 Å². The molecule has 3 aromatic rings. The standard InChI is InChI=1S/C20H29N7O/c1-14(2)19-25-18(28-26-19)10-12-23-20(21-4)22-11-7-13-27-15(3)24-16-8-5-6-9-17(16)27/h5-6,8-9,14H,7,10-13H2,1-4H3,(H2,21,22,23). The van der Waals surface area contributed by atoms with Crippen molar-refractivity contribution in [2.45, 2.75) is 46.1 Å². The molecule has 0 aliphatic heterocycles. The van der Waals surface area contributed by atoms with Crippen molar-refractivity contribution in [3.8, 4) is 0 Å². The Bertz CT molecular complexity index is 926. The highest BCUT2D eigenvalue weighted by Gasteiger charge is 2.09. The maximum atomic E-state index is 5.26. The molecule has 0 radical (unpaired) electrons. The Morgan fingerprint density at radius 1 is 1.18 bits per heavy atom. The second-order valence-corrected chi connectivity index (χ2v) is 7.03. The van der Waals surface area contributed by atoms with Crippen LogP contribution in [0.4, 0.5) is 0 Å². The van der Waals surface area contributed by atoms with Crippen LogP contribution in [0, 0.1) is 6.92 Å². The van der Waals surface area contributed by atoms with Gasteiger partial charge in [0.1, 0.15) is 5.82 Å². The lowest BCUT2D eigenvalue weighted by atomic mass is 10.2. The van der Waals surface area contributed by atoms with Crippen molar-refractivity contribution in [3.05, 3.63) is 41.8 Å². The quantitative estimate of drug-likeness (QED) is 0.353. The Kier molecular flexibility index (Phi) is 6.62. The highest BCUT2D eigenvalue weighted by atomic mass is 16.5. The van der Waals surface area contributed by atoms with E-state index in [1.54, 1.807) is 7.05 Å². The first-order chi connectivity index (χ1) is 13.6. The molecule has 0 atom stereocenters. The Morgan fingerprint density at radius 2 is 1.96 bits per heavy atom. The van der Waals surface area contributed by atoms with E-state index in [1.165, 1.54) is 5.52 Å². The fourth-order valence-electron chi connectivity index (χ4n) is 3.03. The molecule has 3 rings (SSSR count). The minimum atomic E-state index is 0.274. The molecule has 0 unspecified atom stereocenters. The third kappa shape index (κ3) is 4.88. The van der Waals surface area contributed by atoms with Crippen LogP contribution in [-0.2, 0) is 13.0 Å². The Balaban J connectivity index is 1.41. The number of rotatable bonds is 8. The summed E-state index contributed by atoms with van der Waals surface area (Å²) in [6, 6.07) is 8.24. The third-order valence-corrected chi connectivity index (χ3v) is 4.55. The summed E-state index contributed by atoms with van der Waals surface area (Å²) < 4.78 is 7.52. The molecule has 8 nitrogen and oxygen atoms in total. The van der Waals surface area contributed by atoms with Crippen LogP contribution in [0.5, 0.6) is 0 Å². The molecule has 0 fully saturated rings. The maximum absolute atomic E-state index is 5.26. The molecule has 0 spiro atoms. The number of imidazole rings is 1. The van der Waals surface area contributed by atoms with Crippen molar-refractivity contribution >= 4 is 17.0 Å². The highest BCUT2D eigenvalue weighted by molar-refractivity contribution is 5.79. The number of hydrogen-bond acceptors (Lipinski definition) is 5. The van der Waals surface area contributed by atoms with E-state index in [9.17, 15) is 0 Å². The predicted octanol–water partition coefficient (Wildman–Crippen LogP) is 2.65. The van der Waals surface area contributed by atoms with Gasteiger partial charge < -0.3 is 19.7 Å². The number of aryl methyl sites for hydroxylation is 2. The van der Waals surface area contributed by atoms with Gasteiger partial charge in [0, 0.05) is 39.0 Å². The van der Waals surface area contributed by atoms with Gasteiger partial charge in [0.05, 0.1) is 11.0 Å². The molecule has 8 heteroatoms. The van der Waals surface area contributed by atoms with Gasteiger partial charge in [-0.15, -0.1) is 0 Å². The van der Waals surface area contributed by atoms with Crippen LogP contribution in [0.1, 0.15) is 43.7 Å². The van der Waals surface area contributed by atoms with Gasteiger partial charge in [-0.25, -0.2) is 4.98 Å². The van der Waals surface area contributed by atoms with Crippen molar-refractivity contribution < 1.29 is 4.52 Å². The SMILES string of the molecule is CN=C(NCCCn1c(C)nc2ccccc21)NCCc1nc(C(C)C)no1. The summed E-state index contributed by atoms with van der Waals surface area (Å²) in [5.74, 6) is 3.49. The molecule has 150 valence electrons. The minimum absolute atomic E-state index is 0.274. The van der Waals surface area contributed by atoms with Gasteiger partial charge >= 0.3 is 0 Å². The predicted molar refractivity (Wildman–Crippen MR) is 111 cm³/mol. The number of aliphatic imine (C=N–C) groups is 1. The number of hydrogen-bond donors (Lipinski definition) is 2. The van der Waals surface area contributed by atoms with Crippen molar-refractivity contribution in [2.75, 3.05) is 20.1 Å². The number of para-hydroxylation sites is 2. The Morgan fingerprint density at radius 3 is 2.71 bits per heavy atom. The fraction of sp³-hybridized carbons (Fsp3) is 0.500. The van der Waals surface area contributed by atoms with Crippen molar-refractivity contribution in [1.29, 1.82) is 0 Å². The average Bonchev–Trinajstić information content (AvgIpc) is 3.28. The number of aromatic nitrogens is 4. The van der Waals surface area contributed by atoms with Crippen molar-refractivity contribution in [2.24, 2.45) is 4.99 Å². The molecule has 0 saturated carbocycles. The molecular weight excluding hydrogens is 354 g/mol. The van der Waals surface area contributed by atoms with Crippen LogP contribution in [0.3, 0.4) is 0 Å². The van der Waals surface area contributed by atoms with E-state index in [4.69, 9.17) is 4.52 Å². The zero-order chi connectivity index (χ0) is 19.9. The maximum Gasteiger partial charge on any atom is 0.228 e. The van der Waals surface area contributed by atoms with Crippen molar-refractivity contribution in [3.63, 3.8) is 0 Å². The molecule has 2 heterocycles. The van der Waals surface area contributed by atoms with Crippen molar-refractivity contribution in [1.82, 2.24) is 30.3 Å². The summed E-state index contributed by atoms with van der Waals surface area (Å²) in [5, 5.41) is 10.6. The molecule has 0 saturated heterocycles. The van der Waals surface area contributed by atoms with Gasteiger partial charge in [0.15, 0.2) is 11.8 Å². The lowest BCUT2D eigenvalue weighted by Gasteiger charge is -2.12. The first kappa shape index (κ1) is 19.9. The molecule has 1 aromatic carbocycles. The summed E-state index contributed by atoms with van der Waals surface area (Å²) >= 11 is 0. The molecule has 0 bridgehead atoms. The molecule has 2 N–H and O–H groups in total. The summed E-state index contributed by atoms with van der Waals surface area (Å²) in [6.07, 6.45) is 1.64. The Labute approximate surface area is 165 Å². The average molecular weight is 384 g/mol. The lowest BCUT2D eigenvalue weighted by Crippen LogP contribution is -2.39. The van der Waals surface area contributed by atoms with Crippen LogP contribution in [0.2, 0.25) is 0 Å². The fourth-order valence-corrected chi connectivity index (χ4v) is 3.03. The summed E-state index contributed by atoms with van der Waals surface area (Å²) in [7, 11) is 1.77. The second-order valence-electron chi connectivity index (χ2n) is 7.03. The van der Waals surface area contributed by atoms with Gasteiger partial charge in [-0.1, -0.05) is 31.1 Å². The topological polar surface area (TPSA) is 93.2 Å². The summed E-state index contributed by atoms with van der Waals surface area (Å²) in [6.45, 7) is 8.57. The van der Waals surface area contributed by atoms with E-state index in [0.717, 1.165) is 42.6 Å². The molecule has 0 amide bonds. The second kappa shape index (κ2) is 9.34. The van der Waals surface area contributed by atoms with Gasteiger partial charge in [-0.05, 0) is 25.5 Å². The minimum Gasteiger partial charge on any atom is -0.356 e. The van der Waals surface area contributed by atoms with Crippen LogP contribution < -0.4 is 10.6 Å². The molecular formula is C20H29N7O. The monoisotopic (exact) mass is 383 g/mol. The Hall–Kier alpha value is -2.90. The highest BCUT2D eigenvalue weighted by Crippen LogP contribution is 2.15. The number of benzene rings is 1. The molecule has 0 aliphatic rings. The molecule has 2 aromatic heterocycles. The normalized spacial score (nSPS) is 12.1. The largest absolute Gasteiger partial charge is 0.356 e. The van der Waals surface area contributed by atoms with Crippen LogP contribution in [0.25, 0.3) is 11.0 Å². The molecule has 0 aliphatic carbocycles. The number of nitrogens with one attached hydrogen (secondary N) is 2. The van der Waals surface area contributed by atoms with Crippen LogP contribution in [-0.4, -0.2) is 45.8 Å². The van der Waals surface area contributed by atoms with Gasteiger partial charge in [-0.2, -0.15) is 4.98 Å². The number of nitrogens with zero attached hydrogens (tertiary/aromatic N) is 5. The van der Waals surface area contributed by atoms with Crippen LogP contribution in [0.15, 0.2) is 33.8 Å². The summed E-state index contributed by atoms with van der Waals surface area (Å²) in [5.41, 5.74) is 2.23. The van der Waals surface area contributed by atoms with Gasteiger partial charge in [0.2, 0.25) is 5.89 Å². The van der Waals surface area contributed by atoms with Gasteiger partial charge in [0.25, 0.3) is 0 Å². The third-order valence-electron chi connectivity index (χ3n) is 4.55. The smallest absolute Gasteiger partial charge is 0.228 e. The van der Waals surface area contributed by atoms with Gasteiger partial charge in [-0.3, -0.25) is 4.99 Å². The van der Waals surface area contributed by atoms with E-state index >= 15 is 0 Å². The van der Waals surface area contributed by atoms with E-state index in [-0.39, 0.29) is 5.92 Å². The van der Waals surface area contributed by atoms with Crippen LogP contribution >= 0.6 is 0 Å². The number of guanidine groups is 1. The first-order valence-corrected chi connectivity index (χ1v) is 9.77. The lowest BCUT2D eigenvalue weighted by molar-refractivity contribution is 0.371. The number of fused-ring (bicyclic) bond motifs is 1. The van der Waals surface area contributed by atoms with E-state index < -0.39 is 0 Å². The first-order valence-electron chi connectivity index (χ1n) is 9.77. The van der Waals surface area contributed by atoms with E-state index in [1.807, 2.05) is 19.9 Å². The molecule has 28 heavy (non-hydrogen) atoms. The zero-order valence-corrected chi connectivity index (χ0v) is 17.1. The van der Waals surface area contributed by atoms with E-state index in [2.05, 4.69) is 60.4 Å².